The molecule has 1 unspecified atom stereocenters. The molecule has 0 fully saturated rings. The Labute approximate surface area is 88.2 Å². The second-order valence-corrected chi connectivity index (χ2v) is 4.11. The lowest BCUT2D eigenvalue weighted by Crippen LogP contribution is -2.32. The maximum Gasteiger partial charge on any atom is 0.0613 e. The van der Waals surface area contributed by atoms with Gasteiger partial charge in [-0.05, 0) is 19.3 Å². The van der Waals surface area contributed by atoms with Crippen LogP contribution < -0.4 is 5.32 Å². The maximum atomic E-state index is 5.47. The van der Waals surface area contributed by atoms with Gasteiger partial charge in [-0.15, -0.1) is 0 Å². The summed E-state index contributed by atoms with van der Waals surface area (Å²) in [7, 11) is 1.72. The molecule has 0 aromatic carbocycles. The maximum absolute atomic E-state index is 5.47. The smallest absolute Gasteiger partial charge is 0.0613 e. The van der Waals surface area contributed by atoms with E-state index in [-0.39, 0.29) is 0 Å². The monoisotopic (exact) mass is 203 g/mol. The molecule has 0 heterocycles. The highest BCUT2D eigenvalue weighted by atomic mass is 16.5. The molecule has 0 amide bonds. The van der Waals surface area contributed by atoms with Gasteiger partial charge in [0, 0.05) is 26.3 Å². The number of nitrogens with one attached hydrogen (secondary N) is 1. The highest BCUT2D eigenvalue weighted by Crippen LogP contribution is 1.98. The van der Waals surface area contributed by atoms with Gasteiger partial charge >= 0.3 is 0 Å². The molecule has 0 radical (unpaired) electrons. The summed E-state index contributed by atoms with van der Waals surface area (Å²) < 4.78 is 10.5. The van der Waals surface area contributed by atoms with E-state index in [4.69, 9.17) is 9.47 Å². The van der Waals surface area contributed by atoms with E-state index in [1.165, 1.54) is 0 Å². The van der Waals surface area contributed by atoms with E-state index in [0.717, 1.165) is 38.7 Å². The van der Waals surface area contributed by atoms with Crippen molar-refractivity contribution in [2.45, 2.75) is 33.2 Å². The number of hydrogen-bond donors (Lipinski definition) is 1. The average Bonchev–Trinajstić information content (AvgIpc) is 2.11. The van der Waals surface area contributed by atoms with Gasteiger partial charge in [0.15, 0.2) is 0 Å². The quantitative estimate of drug-likeness (QED) is 0.578. The third-order valence-electron chi connectivity index (χ3n) is 2.00. The molecule has 0 aromatic heterocycles. The first-order valence-electron chi connectivity index (χ1n) is 5.47. The Morgan fingerprint density at radius 1 is 1.14 bits per heavy atom. The first-order valence-corrected chi connectivity index (χ1v) is 5.47. The third-order valence-corrected chi connectivity index (χ3v) is 2.00. The number of ether oxygens (including phenoxy) is 2. The van der Waals surface area contributed by atoms with Crippen LogP contribution in [0.1, 0.15) is 27.2 Å². The van der Waals surface area contributed by atoms with Gasteiger partial charge in [0.25, 0.3) is 0 Å². The molecule has 0 aliphatic heterocycles. The fourth-order valence-corrected chi connectivity index (χ4v) is 1.11. The fourth-order valence-electron chi connectivity index (χ4n) is 1.11. The minimum atomic E-state index is 0.411. The largest absolute Gasteiger partial charge is 0.383 e. The minimum Gasteiger partial charge on any atom is -0.383 e. The van der Waals surface area contributed by atoms with Crippen LogP contribution in [0.2, 0.25) is 0 Å². The van der Waals surface area contributed by atoms with E-state index in [1.54, 1.807) is 7.11 Å². The van der Waals surface area contributed by atoms with E-state index >= 15 is 0 Å². The van der Waals surface area contributed by atoms with Crippen LogP contribution in [-0.2, 0) is 9.47 Å². The van der Waals surface area contributed by atoms with E-state index in [2.05, 4.69) is 26.1 Å². The van der Waals surface area contributed by atoms with Gasteiger partial charge in [-0.25, -0.2) is 0 Å². The summed E-state index contributed by atoms with van der Waals surface area (Å²) in [6.07, 6.45) is 1.15. The van der Waals surface area contributed by atoms with Gasteiger partial charge in [0.1, 0.15) is 0 Å². The molecule has 0 aliphatic rings. The topological polar surface area (TPSA) is 30.5 Å². The molecule has 0 saturated heterocycles. The first kappa shape index (κ1) is 13.9. The van der Waals surface area contributed by atoms with E-state index in [0.29, 0.717) is 6.04 Å². The van der Waals surface area contributed by atoms with Gasteiger partial charge in [-0.3, -0.25) is 0 Å². The highest BCUT2D eigenvalue weighted by Gasteiger charge is 1.99. The van der Waals surface area contributed by atoms with Crippen molar-refractivity contribution < 1.29 is 9.47 Å². The SMILES string of the molecule is COCC(C)NCCOCCC(C)C. The van der Waals surface area contributed by atoms with Crippen molar-refractivity contribution in [1.82, 2.24) is 5.32 Å². The minimum absolute atomic E-state index is 0.411. The molecular formula is C11H25NO2. The van der Waals surface area contributed by atoms with Gasteiger partial charge in [0.2, 0.25) is 0 Å². The van der Waals surface area contributed by atoms with Crippen LogP contribution >= 0.6 is 0 Å². The van der Waals surface area contributed by atoms with E-state index in [1.807, 2.05) is 0 Å². The summed E-state index contributed by atoms with van der Waals surface area (Å²) in [5, 5.41) is 3.32. The van der Waals surface area contributed by atoms with Crippen LogP contribution in [0.25, 0.3) is 0 Å². The van der Waals surface area contributed by atoms with Crippen LogP contribution in [-0.4, -0.2) is 39.5 Å². The molecule has 14 heavy (non-hydrogen) atoms. The van der Waals surface area contributed by atoms with Crippen molar-refractivity contribution >= 4 is 0 Å². The molecule has 3 nitrogen and oxygen atoms in total. The van der Waals surface area contributed by atoms with Crippen molar-refractivity contribution in [3.63, 3.8) is 0 Å². The van der Waals surface area contributed by atoms with Crippen LogP contribution in [0.4, 0.5) is 0 Å². The van der Waals surface area contributed by atoms with Gasteiger partial charge < -0.3 is 14.8 Å². The molecule has 86 valence electrons. The molecule has 0 bridgehead atoms. The molecule has 0 rings (SSSR count). The molecule has 0 aliphatic carbocycles. The number of rotatable bonds is 9. The van der Waals surface area contributed by atoms with Crippen molar-refractivity contribution in [2.24, 2.45) is 5.92 Å². The normalized spacial score (nSPS) is 13.5. The second kappa shape index (κ2) is 9.44. The summed E-state index contributed by atoms with van der Waals surface area (Å²) in [5.41, 5.74) is 0. The molecule has 0 aromatic rings. The van der Waals surface area contributed by atoms with Crippen LogP contribution in [0, 0.1) is 5.92 Å². The van der Waals surface area contributed by atoms with Crippen molar-refractivity contribution in [1.29, 1.82) is 0 Å². The van der Waals surface area contributed by atoms with Gasteiger partial charge in [0.05, 0.1) is 13.2 Å². The Kier molecular flexibility index (Phi) is 9.35. The van der Waals surface area contributed by atoms with Crippen LogP contribution in [0.5, 0.6) is 0 Å². The van der Waals surface area contributed by atoms with Crippen LogP contribution in [0.3, 0.4) is 0 Å². The molecule has 0 spiro atoms. The molecule has 1 N–H and O–H groups in total. The Hall–Kier alpha value is -0.120. The van der Waals surface area contributed by atoms with Gasteiger partial charge in [-0.1, -0.05) is 13.8 Å². The summed E-state index contributed by atoms with van der Waals surface area (Å²) in [5.74, 6) is 0.732. The summed E-state index contributed by atoms with van der Waals surface area (Å²) >= 11 is 0. The van der Waals surface area contributed by atoms with Gasteiger partial charge in [-0.2, -0.15) is 0 Å². The molecule has 3 heteroatoms. The summed E-state index contributed by atoms with van der Waals surface area (Å²) in [6, 6.07) is 0.411. The zero-order valence-electron chi connectivity index (χ0n) is 10.0. The number of methoxy groups -OCH3 is 1. The second-order valence-electron chi connectivity index (χ2n) is 4.11. The van der Waals surface area contributed by atoms with Crippen molar-refractivity contribution in [3.8, 4) is 0 Å². The zero-order chi connectivity index (χ0) is 10.8. The Balaban J connectivity index is 3.05. The fraction of sp³-hybridized carbons (Fsp3) is 1.00. The predicted molar refractivity (Wildman–Crippen MR) is 59.6 cm³/mol. The number of hydrogen-bond acceptors (Lipinski definition) is 3. The highest BCUT2D eigenvalue weighted by molar-refractivity contribution is 4.57. The third kappa shape index (κ3) is 9.96. The molecule has 1 atom stereocenters. The van der Waals surface area contributed by atoms with Crippen molar-refractivity contribution in [2.75, 3.05) is 33.5 Å². The Bertz CT molecular complexity index is 118. The lowest BCUT2D eigenvalue weighted by Gasteiger charge is -2.12. The molecular weight excluding hydrogens is 178 g/mol. The van der Waals surface area contributed by atoms with E-state index < -0.39 is 0 Å². The summed E-state index contributed by atoms with van der Waals surface area (Å²) in [6.45, 7) is 9.86. The van der Waals surface area contributed by atoms with Crippen LogP contribution in [0.15, 0.2) is 0 Å². The Morgan fingerprint density at radius 2 is 1.86 bits per heavy atom. The Morgan fingerprint density at radius 3 is 2.43 bits per heavy atom. The molecule has 0 saturated carbocycles. The predicted octanol–water partition coefficient (Wildman–Crippen LogP) is 1.67. The standard InChI is InChI=1S/C11H25NO2/c1-10(2)5-7-14-8-6-12-11(3)9-13-4/h10-12H,5-9H2,1-4H3. The average molecular weight is 203 g/mol. The first-order chi connectivity index (χ1) is 6.66. The van der Waals surface area contributed by atoms with E-state index in [9.17, 15) is 0 Å². The zero-order valence-corrected chi connectivity index (χ0v) is 10.0. The van der Waals surface area contributed by atoms with Crippen molar-refractivity contribution in [3.05, 3.63) is 0 Å². The summed E-state index contributed by atoms with van der Waals surface area (Å²) in [4.78, 5) is 0. The lowest BCUT2D eigenvalue weighted by molar-refractivity contribution is 0.117. The lowest BCUT2D eigenvalue weighted by atomic mass is 10.1.